The van der Waals surface area contributed by atoms with Crippen LogP contribution in [0.2, 0.25) is 0 Å². The van der Waals surface area contributed by atoms with Gasteiger partial charge in [-0.25, -0.2) is 0 Å². The zero-order valence-electron chi connectivity index (χ0n) is 22.1. The average Bonchev–Trinajstić information content (AvgIpc) is 2.76. The standard InChI is InChI=1S/C30H36O7/c1-17(2)8-10-22-28(35)26-24(33)15-19(31)16-25(26)37-29(22)21-12-13-23(32)20(27(21)34)11-9-18(3)7-6-14-30(4,5)36/h8-9,12-13,15-16,31-34,36H,6-7,10-11,14H2,1-5H3/b18-9-. The summed E-state index contributed by atoms with van der Waals surface area (Å²) in [5, 5.41) is 51.8. The molecule has 0 atom stereocenters. The molecule has 0 radical (unpaired) electrons. The van der Waals surface area contributed by atoms with Crippen LogP contribution >= 0.6 is 0 Å². The summed E-state index contributed by atoms with van der Waals surface area (Å²) in [6, 6.07) is 5.24. The zero-order valence-corrected chi connectivity index (χ0v) is 22.1. The molecule has 0 fully saturated rings. The minimum Gasteiger partial charge on any atom is -0.508 e. The van der Waals surface area contributed by atoms with Gasteiger partial charge < -0.3 is 29.9 Å². The number of benzene rings is 2. The molecule has 0 aliphatic rings. The van der Waals surface area contributed by atoms with E-state index in [0.29, 0.717) is 6.42 Å². The molecule has 0 saturated heterocycles. The Morgan fingerprint density at radius 3 is 2.27 bits per heavy atom. The molecule has 7 nitrogen and oxygen atoms in total. The first kappa shape index (κ1) is 27.9. The molecule has 0 spiro atoms. The fourth-order valence-corrected chi connectivity index (χ4v) is 4.22. The SMILES string of the molecule is CC(C)=CCc1c(-c2ccc(O)c(C/C=C(/C)CCCC(C)(C)O)c2O)oc2cc(O)cc(O)c2c1=O. The second kappa shape index (κ2) is 11.1. The molecule has 0 saturated carbocycles. The van der Waals surface area contributed by atoms with Crippen LogP contribution in [0.5, 0.6) is 23.0 Å². The molecular formula is C30H36O7. The highest BCUT2D eigenvalue weighted by Crippen LogP contribution is 2.41. The van der Waals surface area contributed by atoms with E-state index >= 15 is 0 Å². The first-order chi connectivity index (χ1) is 17.3. The normalized spacial score (nSPS) is 12.2. The van der Waals surface area contributed by atoms with Gasteiger partial charge in [-0.3, -0.25) is 4.79 Å². The van der Waals surface area contributed by atoms with Crippen molar-refractivity contribution >= 4 is 11.0 Å². The Balaban J connectivity index is 2.10. The van der Waals surface area contributed by atoms with E-state index in [1.54, 1.807) is 13.8 Å². The Morgan fingerprint density at radius 2 is 1.62 bits per heavy atom. The van der Waals surface area contributed by atoms with Crippen LogP contribution in [-0.2, 0) is 12.8 Å². The summed E-state index contributed by atoms with van der Waals surface area (Å²) in [5.41, 5.74) is 1.56. The Kier molecular flexibility index (Phi) is 8.39. The van der Waals surface area contributed by atoms with E-state index in [9.17, 15) is 30.3 Å². The van der Waals surface area contributed by atoms with E-state index in [4.69, 9.17) is 4.42 Å². The minimum atomic E-state index is -0.730. The first-order valence-corrected chi connectivity index (χ1v) is 12.4. The zero-order chi connectivity index (χ0) is 27.5. The van der Waals surface area contributed by atoms with Crippen LogP contribution in [0.1, 0.15) is 65.0 Å². The third kappa shape index (κ3) is 6.74. The van der Waals surface area contributed by atoms with Gasteiger partial charge in [0, 0.05) is 23.3 Å². The quantitative estimate of drug-likeness (QED) is 0.217. The number of hydrogen-bond acceptors (Lipinski definition) is 7. The largest absolute Gasteiger partial charge is 0.508 e. The van der Waals surface area contributed by atoms with Gasteiger partial charge in [0.2, 0.25) is 5.43 Å². The van der Waals surface area contributed by atoms with Gasteiger partial charge in [0.1, 0.15) is 39.7 Å². The lowest BCUT2D eigenvalue weighted by molar-refractivity contribution is 0.0689. The summed E-state index contributed by atoms with van der Waals surface area (Å²) in [4.78, 5) is 13.4. The molecule has 0 amide bonds. The number of allylic oxidation sites excluding steroid dienone is 4. The van der Waals surface area contributed by atoms with E-state index in [0.717, 1.165) is 30.1 Å². The molecule has 37 heavy (non-hydrogen) atoms. The minimum absolute atomic E-state index is 0.0185. The lowest BCUT2D eigenvalue weighted by Gasteiger charge is -2.16. The topological polar surface area (TPSA) is 131 Å². The van der Waals surface area contributed by atoms with Gasteiger partial charge in [-0.1, -0.05) is 23.3 Å². The van der Waals surface area contributed by atoms with Gasteiger partial charge in [0.25, 0.3) is 0 Å². The Hall–Kier alpha value is -3.71. The third-order valence-electron chi connectivity index (χ3n) is 6.28. The molecule has 5 N–H and O–H groups in total. The van der Waals surface area contributed by atoms with E-state index in [1.807, 2.05) is 32.9 Å². The lowest BCUT2D eigenvalue weighted by Crippen LogP contribution is -2.17. The fourth-order valence-electron chi connectivity index (χ4n) is 4.22. The monoisotopic (exact) mass is 508 g/mol. The Morgan fingerprint density at radius 1 is 0.946 bits per heavy atom. The van der Waals surface area contributed by atoms with Crippen molar-refractivity contribution < 1.29 is 29.9 Å². The Bertz CT molecular complexity index is 1410. The molecule has 0 aliphatic carbocycles. The fraction of sp³-hybridized carbons (Fsp3) is 0.367. The van der Waals surface area contributed by atoms with Crippen LogP contribution in [0.25, 0.3) is 22.3 Å². The van der Waals surface area contributed by atoms with Crippen LogP contribution in [-0.4, -0.2) is 31.1 Å². The van der Waals surface area contributed by atoms with Gasteiger partial charge in [0.05, 0.1) is 11.2 Å². The van der Waals surface area contributed by atoms with Crippen LogP contribution in [0, 0.1) is 0 Å². The lowest BCUT2D eigenvalue weighted by atomic mass is 9.96. The van der Waals surface area contributed by atoms with Gasteiger partial charge in [-0.15, -0.1) is 0 Å². The van der Waals surface area contributed by atoms with Crippen molar-refractivity contribution in [3.8, 4) is 34.3 Å². The molecule has 2 aromatic carbocycles. The van der Waals surface area contributed by atoms with Gasteiger partial charge in [0.15, 0.2) is 0 Å². The van der Waals surface area contributed by atoms with E-state index in [2.05, 4.69) is 0 Å². The number of aromatic hydroxyl groups is 4. The molecule has 0 aliphatic heterocycles. The first-order valence-electron chi connectivity index (χ1n) is 12.4. The molecule has 0 bridgehead atoms. The van der Waals surface area contributed by atoms with Crippen molar-refractivity contribution in [2.24, 2.45) is 0 Å². The second-order valence-electron chi connectivity index (χ2n) is 10.4. The van der Waals surface area contributed by atoms with Gasteiger partial charge >= 0.3 is 0 Å². The van der Waals surface area contributed by atoms with Crippen LogP contribution in [0.4, 0.5) is 0 Å². The number of phenols is 4. The van der Waals surface area contributed by atoms with Crippen LogP contribution in [0.15, 0.2) is 56.8 Å². The Labute approximate surface area is 216 Å². The number of hydrogen-bond donors (Lipinski definition) is 5. The maximum Gasteiger partial charge on any atom is 0.200 e. The van der Waals surface area contributed by atoms with Gasteiger partial charge in [-0.05, 0) is 78.9 Å². The van der Waals surface area contributed by atoms with E-state index in [1.165, 1.54) is 18.2 Å². The molecule has 7 heteroatoms. The molecule has 198 valence electrons. The highest BCUT2D eigenvalue weighted by molar-refractivity contribution is 5.88. The summed E-state index contributed by atoms with van der Waals surface area (Å²) in [6.07, 6.45) is 6.44. The summed E-state index contributed by atoms with van der Waals surface area (Å²) in [5.74, 6) is -0.868. The van der Waals surface area contributed by atoms with Crippen molar-refractivity contribution in [3.63, 3.8) is 0 Å². The molecular weight excluding hydrogens is 472 g/mol. The predicted molar refractivity (Wildman–Crippen MR) is 145 cm³/mol. The predicted octanol–water partition coefficient (Wildman–Crippen LogP) is 6.22. The second-order valence-corrected chi connectivity index (χ2v) is 10.4. The number of aliphatic hydroxyl groups is 1. The summed E-state index contributed by atoms with van der Waals surface area (Å²) in [7, 11) is 0. The van der Waals surface area contributed by atoms with Crippen LogP contribution in [0.3, 0.4) is 0 Å². The summed E-state index contributed by atoms with van der Waals surface area (Å²) < 4.78 is 6.01. The molecule has 0 unspecified atom stereocenters. The maximum absolute atomic E-state index is 13.4. The van der Waals surface area contributed by atoms with Crippen molar-refractivity contribution in [1.29, 1.82) is 0 Å². The molecule has 3 rings (SSSR count). The van der Waals surface area contributed by atoms with Crippen molar-refractivity contribution in [2.45, 2.75) is 72.3 Å². The highest BCUT2D eigenvalue weighted by atomic mass is 16.3. The number of fused-ring (bicyclic) bond motifs is 1. The van der Waals surface area contributed by atoms with Crippen LogP contribution < -0.4 is 5.43 Å². The highest BCUT2D eigenvalue weighted by Gasteiger charge is 2.23. The molecule has 1 heterocycles. The molecule has 1 aromatic heterocycles. The third-order valence-corrected chi connectivity index (χ3v) is 6.28. The van der Waals surface area contributed by atoms with Crippen molar-refractivity contribution in [3.05, 3.63) is 68.9 Å². The van der Waals surface area contributed by atoms with Gasteiger partial charge in [-0.2, -0.15) is 0 Å². The maximum atomic E-state index is 13.4. The average molecular weight is 509 g/mol. The molecule has 3 aromatic rings. The van der Waals surface area contributed by atoms with E-state index in [-0.39, 0.29) is 63.5 Å². The van der Waals surface area contributed by atoms with Crippen molar-refractivity contribution in [1.82, 2.24) is 0 Å². The smallest absolute Gasteiger partial charge is 0.200 e. The summed E-state index contributed by atoms with van der Waals surface area (Å²) >= 11 is 0. The summed E-state index contributed by atoms with van der Waals surface area (Å²) in [6.45, 7) is 9.29. The number of rotatable bonds is 9. The van der Waals surface area contributed by atoms with E-state index < -0.39 is 16.8 Å². The number of phenolic OH excluding ortho intramolecular Hbond substituents is 4. The van der Waals surface area contributed by atoms with Crippen molar-refractivity contribution in [2.75, 3.05) is 0 Å².